The van der Waals surface area contributed by atoms with E-state index < -0.39 is 41.7 Å². The highest BCUT2D eigenvalue weighted by Crippen LogP contribution is 2.49. The molecule has 8 fully saturated rings. The second-order valence-electron chi connectivity index (χ2n) is 40.9. The summed E-state index contributed by atoms with van der Waals surface area (Å²) in [4.78, 5) is 118. The van der Waals surface area contributed by atoms with Crippen molar-refractivity contribution in [2.24, 2.45) is 0 Å². The zero-order chi connectivity index (χ0) is 103. The summed E-state index contributed by atoms with van der Waals surface area (Å²) in [5, 5.41) is 24.9. The van der Waals surface area contributed by atoms with Gasteiger partial charge in [-0.2, -0.15) is 13.2 Å². The molecule has 5 saturated heterocycles. The van der Waals surface area contributed by atoms with Crippen molar-refractivity contribution in [2.75, 3.05) is 134 Å². The molecule has 3 aliphatic carbocycles. The van der Waals surface area contributed by atoms with E-state index in [-0.39, 0.29) is 78.0 Å². The van der Waals surface area contributed by atoms with Gasteiger partial charge < -0.3 is 97.6 Å². The minimum Gasteiger partial charge on any atom is -0.490 e. The third-order valence-electron chi connectivity index (χ3n) is 26.1. The molecule has 3 atom stereocenters. The maximum Gasteiger partial charge on any atom is 0.498 e. The van der Waals surface area contributed by atoms with Crippen LogP contribution < -0.4 is 59.7 Å². The number of thiazole rings is 4. The summed E-state index contributed by atoms with van der Waals surface area (Å²) in [5.74, 6) is 0.204. The van der Waals surface area contributed by atoms with E-state index in [4.69, 9.17) is 57.6 Å². The molecule has 42 heteroatoms. The van der Waals surface area contributed by atoms with Gasteiger partial charge in [0.2, 0.25) is 17.7 Å². The number of carbonyl (C=O) groups excluding carboxylic acids is 6. The van der Waals surface area contributed by atoms with Crippen LogP contribution in [0.3, 0.4) is 0 Å². The Hall–Kier alpha value is -8.20. The Morgan fingerprint density at radius 3 is 1.05 bits per heavy atom. The first-order chi connectivity index (χ1) is 66.4. The van der Waals surface area contributed by atoms with Crippen LogP contribution in [-0.4, -0.2) is 264 Å². The number of anilines is 6. The molecule has 8 aliphatic heterocycles. The zero-order valence-corrected chi connectivity index (χ0v) is 92.5. The fourth-order valence-electron chi connectivity index (χ4n) is 17.3. The number of nitrogens with one attached hydrogen (secondary N) is 2. The van der Waals surface area contributed by atoms with E-state index in [2.05, 4.69) is 167 Å². The van der Waals surface area contributed by atoms with Crippen molar-refractivity contribution < 1.29 is 89.6 Å². The number of aliphatic carboxylic acids is 1. The molecule has 12 heterocycles. The maximum atomic E-state index is 12.5. The third-order valence-corrected chi connectivity index (χ3v) is 31.5. The molecule has 6 amide bonds. The topological polar surface area (TPSA) is 318 Å². The SMILES string of the molecule is Brc1csc(Br)n1.CC(=O)N1c2ccc(-c3csc(N4CCN(C(=O)OC(C)(C)C)CC4)n3)c(OC3CCC3)c2CC[C@@H]1C.CC(=O)N1c2ccc(-c3csc(N4CCNCC4)n3)c(OC3CCC3)c2CC[C@@H]1C.CC(=O)N1c2ccc(B3OC(C)(C)C(C)(C)O3)c(OC3CCC3)c2CC[C@@H]1C.CC(C)(C)OC(=O)N1CCN(c2nc(Br)cs2)CC1.CC(C)(C)OC(=O)N1CCNCC1.O=C(O)C(F)(F)F. The minimum atomic E-state index is -5.08. The van der Waals surface area contributed by atoms with Crippen molar-refractivity contribution in [2.45, 2.75) is 298 Å². The van der Waals surface area contributed by atoms with Gasteiger partial charge in [0, 0.05) is 198 Å². The number of amides is 6. The van der Waals surface area contributed by atoms with Crippen molar-refractivity contribution in [1.82, 2.24) is 45.3 Å². The summed E-state index contributed by atoms with van der Waals surface area (Å²) < 4.78 is 82.8. The van der Waals surface area contributed by atoms with E-state index in [1.54, 1.807) is 80.8 Å². The van der Waals surface area contributed by atoms with Crippen LogP contribution in [0, 0.1) is 0 Å². The van der Waals surface area contributed by atoms with Crippen molar-refractivity contribution in [3.63, 3.8) is 0 Å². The summed E-state index contributed by atoms with van der Waals surface area (Å²) in [6, 6.07) is 13.0. The maximum absolute atomic E-state index is 12.5. The van der Waals surface area contributed by atoms with Crippen LogP contribution in [0.15, 0.2) is 71.0 Å². The van der Waals surface area contributed by atoms with Crippen LogP contribution in [0.5, 0.6) is 17.2 Å². The number of carboxylic acid groups (broad SMARTS) is 1. The number of aromatic nitrogens is 4. The van der Waals surface area contributed by atoms with Crippen molar-refractivity contribution >= 4 is 180 Å². The summed E-state index contributed by atoms with van der Waals surface area (Å²) in [6.45, 7) is 49.3. The van der Waals surface area contributed by atoms with Gasteiger partial charge in [0.25, 0.3) is 0 Å². The number of hydrogen-bond donors (Lipinski definition) is 3. The highest BCUT2D eigenvalue weighted by molar-refractivity contribution is 9.11. The van der Waals surface area contributed by atoms with Gasteiger partial charge >= 0.3 is 37.5 Å². The first-order valence-electron chi connectivity index (χ1n) is 48.8. The van der Waals surface area contributed by atoms with Gasteiger partial charge in [0.15, 0.2) is 19.3 Å². The number of fused-ring (bicyclic) bond motifs is 3. The molecule has 3 N–H and O–H groups in total. The van der Waals surface area contributed by atoms with E-state index >= 15 is 0 Å². The Morgan fingerprint density at radius 1 is 0.433 bits per heavy atom. The molecular formula is C99H138BBr3F3N15O16S4. The average Bonchev–Trinajstić information content (AvgIpc) is 1.62. The van der Waals surface area contributed by atoms with Gasteiger partial charge in [-0.1, -0.05) is 6.07 Å². The zero-order valence-electron chi connectivity index (χ0n) is 84.5. The van der Waals surface area contributed by atoms with Crippen molar-refractivity contribution in [3.8, 4) is 39.8 Å². The molecule has 11 aliphatic rings. The normalized spacial score (nSPS) is 20.1. The summed E-state index contributed by atoms with van der Waals surface area (Å²) in [5.41, 5.74) is 9.15. The lowest BCUT2D eigenvalue weighted by Gasteiger charge is -2.37. The molecule has 3 aromatic carbocycles. The highest BCUT2D eigenvalue weighted by atomic mass is 79.9. The third kappa shape index (κ3) is 30.1. The molecule has 7 aromatic rings. The van der Waals surface area contributed by atoms with Gasteiger partial charge in [-0.15, -0.1) is 45.3 Å². The Balaban J connectivity index is 0.000000156. The monoisotopic (exact) mass is 2230 g/mol. The van der Waals surface area contributed by atoms with Crippen LogP contribution in [0.1, 0.15) is 225 Å². The number of piperazine rings is 4. The van der Waals surface area contributed by atoms with Gasteiger partial charge in [0.1, 0.15) is 43.3 Å². The number of nitrogens with zero attached hydrogens (tertiary/aromatic N) is 13. The summed E-state index contributed by atoms with van der Waals surface area (Å²) >= 11 is 16.3. The molecule has 0 radical (unpaired) electrons. The molecule has 31 nitrogen and oxygen atoms in total. The highest BCUT2D eigenvalue weighted by Gasteiger charge is 2.54. The number of carbonyl (C=O) groups is 7. The van der Waals surface area contributed by atoms with E-state index in [1.807, 2.05) is 99.9 Å². The van der Waals surface area contributed by atoms with Crippen LogP contribution in [0.4, 0.5) is 60.0 Å². The van der Waals surface area contributed by atoms with Crippen molar-refractivity contribution in [3.05, 3.63) is 87.7 Å². The van der Waals surface area contributed by atoms with Crippen molar-refractivity contribution in [1.29, 1.82) is 0 Å². The Labute approximate surface area is 868 Å². The molecular weight excluding hydrogens is 2090 g/mol. The van der Waals surface area contributed by atoms with E-state index in [0.717, 1.165) is 244 Å². The first-order valence-corrected chi connectivity index (χ1v) is 54.7. The Bertz CT molecular complexity index is 5410. The lowest BCUT2D eigenvalue weighted by Crippen LogP contribution is -2.50. The van der Waals surface area contributed by atoms with Gasteiger partial charge in [-0.3, -0.25) is 14.4 Å². The van der Waals surface area contributed by atoms with Crippen LogP contribution >= 0.6 is 93.1 Å². The molecule has 0 bridgehead atoms. The second kappa shape index (κ2) is 48.4. The number of ether oxygens (including phenoxy) is 6. The Morgan fingerprint density at radius 2 is 0.745 bits per heavy atom. The quantitative estimate of drug-likeness (QED) is 0.0756. The largest absolute Gasteiger partial charge is 0.498 e. The number of carboxylic acids is 1. The predicted octanol–water partition coefficient (Wildman–Crippen LogP) is 20.0. The lowest BCUT2D eigenvalue weighted by molar-refractivity contribution is -0.192. The van der Waals surface area contributed by atoms with E-state index in [0.29, 0.717) is 39.3 Å². The molecule has 3 saturated carbocycles. The van der Waals surface area contributed by atoms with Gasteiger partial charge in [-0.05, 0) is 285 Å². The number of halogens is 6. The first kappa shape index (κ1) is 112. The minimum absolute atomic E-state index is 0.0669. The number of rotatable bonds is 12. The fourth-order valence-corrected chi connectivity index (χ4v) is 22.1. The number of hydrogen-bond acceptors (Lipinski definition) is 28. The smallest absolute Gasteiger partial charge is 0.490 e. The summed E-state index contributed by atoms with van der Waals surface area (Å²) in [6.07, 6.45) is 10.7. The predicted molar refractivity (Wildman–Crippen MR) is 562 cm³/mol. The van der Waals surface area contributed by atoms with Gasteiger partial charge in [0.05, 0.1) is 58.0 Å². The standard InChI is InChI=1S/C28H38N4O4S.C23H30N4O2S.C22H32BNO4.C12H18BrN3O2S.C9H18N2O2.C3HBr2NS.C2HF3O2/c1-18-9-10-22-24(32(18)19(2)33)12-11-21(25(22)35-20-7-6-8-20)23-17-37-26(29-23)30-13-15-31(16-14-30)27(34)36-28(3,4)5;1-15-6-7-19-21(27(15)16(2)28)9-8-18(22(19)29-17-4-3-5-17)20-14-30-23(25-20)26-12-10-24-11-13-26;1-14-10-11-17-19(24(14)15(2)25)13-12-18(20(17)26-16-8-7-9-16)23-27-21(3,4)22(5,6)28-23;1-12(2,3)18-11(17)16-6-4-15(5-7-16)10-14-9(13)8-19-10;1-9(2,3)13-8(12)11-6-4-10-5-7-11;4-2-1-7-3(5)6-2;3-2(4,5)1(6)7/h11-12,17-18,20H,6-10,13-16H2,1-5H3;8-9,14-15,17,24H,3-7,10-13H2,1-2H3;12-14,16H,7-11H2,1-6H3;8H,4-7H2,1-3H3;10H,4-7H2,1-3H3;1H;(H,6,7)/t18-;15-;14-;;;;/m000..../s1. The second-order valence-corrected chi connectivity index (χ2v) is 47.1. The lowest BCUT2D eigenvalue weighted by atomic mass is 9.75. The molecule has 141 heavy (non-hydrogen) atoms. The van der Waals surface area contributed by atoms with Crippen LogP contribution in [0.2, 0.25) is 0 Å². The van der Waals surface area contributed by atoms with E-state index in [9.17, 15) is 41.9 Å². The molecule has 774 valence electrons. The summed E-state index contributed by atoms with van der Waals surface area (Å²) in [7, 11) is -0.462. The van der Waals surface area contributed by atoms with Gasteiger partial charge in [-0.25, -0.2) is 39.1 Å². The molecule has 0 unspecified atom stereocenters. The molecule has 0 spiro atoms. The number of benzene rings is 3. The van der Waals surface area contributed by atoms with Crippen LogP contribution in [0.25, 0.3) is 22.5 Å². The molecule has 18 rings (SSSR count). The fraction of sp³-hybridized carbons (Fsp3) is 0.626. The van der Waals surface area contributed by atoms with E-state index in [1.165, 1.54) is 24.8 Å². The van der Waals surface area contributed by atoms with Crippen LogP contribution in [-0.2, 0) is 62.0 Å². The Kier molecular flexibility index (Phi) is 38.3. The average molecular weight is 2230 g/mol. The number of alkyl halides is 3. The molecule has 4 aromatic heterocycles.